The van der Waals surface area contributed by atoms with E-state index in [-0.39, 0.29) is 15.7 Å². The summed E-state index contributed by atoms with van der Waals surface area (Å²) < 4.78 is 52.8. The van der Waals surface area contributed by atoms with Gasteiger partial charge >= 0.3 is 6.18 Å². The number of hydrogen-bond acceptors (Lipinski definition) is 1. The van der Waals surface area contributed by atoms with Crippen molar-refractivity contribution in [1.29, 1.82) is 0 Å². The Morgan fingerprint density at radius 3 is 2.33 bits per heavy atom. The van der Waals surface area contributed by atoms with Crippen LogP contribution in [-0.4, -0.2) is 9.78 Å². The zero-order valence-electron chi connectivity index (χ0n) is 10.4. The van der Waals surface area contributed by atoms with Crippen LogP contribution in [0.2, 0.25) is 10.0 Å². The van der Waals surface area contributed by atoms with Crippen molar-refractivity contribution < 1.29 is 17.6 Å². The van der Waals surface area contributed by atoms with Gasteiger partial charge in [-0.2, -0.15) is 18.3 Å². The highest BCUT2D eigenvalue weighted by molar-refractivity contribution is 6.37. The van der Waals surface area contributed by atoms with E-state index in [1.54, 1.807) is 6.20 Å². The number of benzene rings is 1. The van der Waals surface area contributed by atoms with E-state index >= 15 is 0 Å². The molecule has 0 N–H and O–H groups in total. The van der Waals surface area contributed by atoms with Gasteiger partial charge in [-0.25, -0.2) is 9.07 Å². The molecule has 0 fully saturated rings. The van der Waals surface area contributed by atoms with Crippen LogP contribution in [0.1, 0.15) is 29.4 Å². The minimum Gasteiger partial charge on any atom is -0.240 e. The Bertz CT molecular complexity index is 686. The third-order valence-electron chi connectivity index (χ3n) is 3.36. The molecule has 0 aliphatic heterocycles. The van der Waals surface area contributed by atoms with Crippen LogP contribution >= 0.6 is 23.2 Å². The van der Waals surface area contributed by atoms with Gasteiger partial charge in [0.15, 0.2) is 0 Å². The van der Waals surface area contributed by atoms with Gasteiger partial charge in [-0.3, -0.25) is 0 Å². The number of aryl methyl sites for hydroxylation is 1. The monoisotopic (exact) mass is 338 g/mol. The number of hydrogen-bond donors (Lipinski definition) is 0. The molecule has 1 atom stereocenters. The van der Waals surface area contributed by atoms with Gasteiger partial charge in [0.05, 0.1) is 15.6 Å². The van der Waals surface area contributed by atoms with E-state index in [2.05, 4.69) is 5.10 Å². The Morgan fingerprint density at radius 2 is 1.81 bits per heavy atom. The maximum atomic E-state index is 13.6. The molecule has 0 amide bonds. The Morgan fingerprint density at radius 1 is 1.19 bits per heavy atom. The van der Waals surface area contributed by atoms with Crippen LogP contribution < -0.4 is 0 Å². The molecular weight excluding hydrogens is 331 g/mol. The molecule has 1 aromatic carbocycles. The second-order valence-electron chi connectivity index (χ2n) is 4.78. The summed E-state index contributed by atoms with van der Waals surface area (Å²) in [6.07, 6.45) is -3.25. The molecular formula is C13H8Cl2F4N2. The van der Waals surface area contributed by atoms with Gasteiger partial charge in [0.1, 0.15) is 17.6 Å². The summed E-state index contributed by atoms with van der Waals surface area (Å²) in [6.45, 7) is 0. The van der Waals surface area contributed by atoms with E-state index in [1.165, 1.54) is 4.68 Å². The largest absolute Gasteiger partial charge is 0.416 e. The third kappa shape index (κ3) is 2.51. The average molecular weight is 339 g/mol. The number of halogens is 6. The van der Waals surface area contributed by atoms with Gasteiger partial charge in [-0.05, 0) is 30.5 Å². The van der Waals surface area contributed by atoms with Crippen molar-refractivity contribution in [3.8, 4) is 5.69 Å². The highest BCUT2D eigenvalue weighted by Gasteiger charge is 2.33. The fourth-order valence-corrected chi connectivity index (χ4v) is 3.02. The molecule has 1 unspecified atom stereocenters. The Labute approximate surface area is 127 Å². The first-order chi connectivity index (χ1) is 9.77. The lowest BCUT2D eigenvalue weighted by Gasteiger charge is -2.12. The summed E-state index contributed by atoms with van der Waals surface area (Å²) in [5.41, 5.74) is 0.189. The van der Waals surface area contributed by atoms with Crippen LogP contribution in [0.5, 0.6) is 0 Å². The first kappa shape index (κ1) is 14.7. The van der Waals surface area contributed by atoms with Crippen molar-refractivity contribution in [3.05, 3.63) is 45.2 Å². The van der Waals surface area contributed by atoms with Crippen molar-refractivity contribution in [3.63, 3.8) is 0 Å². The molecule has 1 heterocycles. The van der Waals surface area contributed by atoms with Crippen LogP contribution in [0, 0.1) is 0 Å². The maximum absolute atomic E-state index is 13.6. The molecule has 0 bridgehead atoms. The molecule has 3 rings (SSSR count). The van der Waals surface area contributed by atoms with E-state index in [1.807, 2.05) is 0 Å². The Kier molecular flexibility index (Phi) is 3.41. The molecule has 0 spiro atoms. The Balaban J connectivity index is 2.09. The highest BCUT2D eigenvalue weighted by atomic mass is 35.5. The molecule has 0 radical (unpaired) electrons. The zero-order chi connectivity index (χ0) is 15.4. The van der Waals surface area contributed by atoms with Crippen molar-refractivity contribution >= 4 is 23.2 Å². The van der Waals surface area contributed by atoms with Gasteiger partial charge < -0.3 is 0 Å². The number of aromatic nitrogens is 2. The standard InChI is InChI=1S/C13H8Cl2F4N2/c14-8-3-7(13(17,18)19)4-9(15)12(8)21-5-6-1-2-10(16)11(6)20-21/h3-5,10H,1-2H2. The summed E-state index contributed by atoms with van der Waals surface area (Å²) in [6, 6.07) is 1.56. The summed E-state index contributed by atoms with van der Waals surface area (Å²) in [7, 11) is 0. The Hall–Kier alpha value is -1.27. The SMILES string of the molecule is FC1CCc2cn(-c3c(Cl)cc(C(F)(F)F)cc3Cl)nc21. The third-order valence-corrected chi connectivity index (χ3v) is 3.94. The van der Waals surface area contributed by atoms with Crippen molar-refractivity contribution in [2.75, 3.05) is 0 Å². The van der Waals surface area contributed by atoms with Crippen molar-refractivity contribution in [2.45, 2.75) is 25.2 Å². The molecule has 1 aromatic heterocycles. The number of rotatable bonds is 1. The molecule has 21 heavy (non-hydrogen) atoms. The van der Waals surface area contributed by atoms with E-state index in [0.717, 1.165) is 17.7 Å². The molecule has 2 aromatic rings. The summed E-state index contributed by atoms with van der Waals surface area (Å²) in [5.74, 6) is 0. The van der Waals surface area contributed by atoms with Gasteiger partial charge in [-0.15, -0.1) is 0 Å². The van der Waals surface area contributed by atoms with Gasteiger partial charge in [0.25, 0.3) is 0 Å². The van der Waals surface area contributed by atoms with Gasteiger partial charge in [-0.1, -0.05) is 23.2 Å². The summed E-state index contributed by atoms with van der Waals surface area (Å²) in [5, 5.41) is 3.67. The molecule has 1 aliphatic carbocycles. The van der Waals surface area contributed by atoms with E-state index in [9.17, 15) is 17.6 Å². The molecule has 8 heteroatoms. The predicted molar refractivity (Wildman–Crippen MR) is 70.8 cm³/mol. The van der Waals surface area contributed by atoms with Crippen molar-refractivity contribution in [2.24, 2.45) is 0 Å². The molecule has 112 valence electrons. The van der Waals surface area contributed by atoms with Crippen LogP contribution in [0.15, 0.2) is 18.3 Å². The normalized spacial score (nSPS) is 18.1. The topological polar surface area (TPSA) is 17.8 Å². The minimum atomic E-state index is -4.54. The lowest BCUT2D eigenvalue weighted by molar-refractivity contribution is -0.137. The number of alkyl halides is 4. The van der Waals surface area contributed by atoms with Crippen LogP contribution in [-0.2, 0) is 12.6 Å². The summed E-state index contributed by atoms with van der Waals surface area (Å²) in [4.78, 5) is 0. The predicted octanol–water partition coefficient (Wildman–Crippen LogP) is 5.15. The quantitative estimate of drug-likeness (QED) is 0.657. The van der Waals surface area contributed by atoms with Crippen LogP contribution in [0.3, 0.4) is 0 Å². The number of fused-ring (bicyclic) bond motifs is 1. The number of nitrogens with zero attached hydrogens (tertiary/aromatic N) is 2. The molecule has 0 saturated heterocycles. The molecule has 2 nitrogen and oxygen atoms in total. The van der Waals surface area contributed by atoms with Crippen LogP contribution in [0.25, 0.3) is 5.69 Å². The average Bonchev–Trinajstić information content (AvgIpc) is 2.90. The second kappa shape index (κ2) is 4.88. The summed E-state index contributed by atoms with van der Waals surface area (Å²) >= 11 is 11.8. The highest BCUT2D eigenvalue weighted by Crippen LogP contribution is 2.39. The first-order valence-electron chi connectivity index (χ1n) is 6.06. The van der Waals surface area contributed by atoms with Gasteiger partial charge in [0.2, 0.25) is 0 Å². The molecule has 1 aliphatic rings. The maximum Gasteiger partial charge on any atom is 0.416 e. The smallest absolute Gasteiger partial charge is 0.240 e. The van der Waals surface area contributed by atoms with Crippen molar-refractivity contribution in [1.82, 2.24) is 9.78 Å². The lowest BCUT2D eigenvalue weighted by atomic mass is 10.2. The van der Waals surface area contributed by atoms with E-state index in [0.29, 0.717) is 18.5 Å². The van der Waals surface area contributed by atoms with E-state index < -0.39 is 17.9 Å². The minimum absolute atomic E-state index is 0.118. The second-order valence-corrected chi connectivity index (χ2v) is 5.59. The fourth-order valence-electron chi connectivity index (χ4n) is 2.36. The van der Waals surface area contributed by atoms with Crippen LogP contribution in [0.4, 0.5) is 17.6 Å². The first-order valence-corrected chi connectivity index (χ1v) is 6.82. The van der Waals surface area contributed by atoms with Gasteiger partial charge in [0, 0.05) is 6.20 Å². The van der Waals surface area contributed by atoms with E-state index in [4.69, 9.17) is 23.2 Å². The lowest BCUT2D eigenvalue weighted by Crippen LogP contribution is -2.07. The molecule has 0 saturated carbocycles. The zero-order valence-corrected chi connectivity index (χ0v) is 11.9. The fraction of sp³-hybridized carbons (Fsp3) is 0.308.